The summed E-state index contributed by atoms with van der Waals surface area (Å²) in [6, 6.07) is 8.31. The highest BCUT2D eigenvalue weighted by Crippen LogP contribution is 2.07. The van der Waals surface area contributed by atoms with Crippen LogP contribution in [0.25, 0.3) is 0 Å². The molecule has 2 rings (SSSR count). The van der Waals surface area contributed by atoms with Crippen molar-refractivity contribution in [2.75, 3.05) is 11.1 Å². The summed E-state index contributed by atoms with van der Waals surface area (Å²) in [5.74, 6) is 0.0236. The van der Waals surface area contributed by atoms with Gasteiger partial charge >= 0.3 is 0 Å². The van der Waals surface area contributed by atoms with E-state index in [9.17, 15) is 4.79 Å². The SMILES string of the molecule is Nc1ccc(C(=O)Nc2ncccn2)cc1. The van der Waals surface area contributed by atoms with Crippen LogP contribution in [0.3, 0.4) is 0 Å². The van der Waals surface area contributed by atoms with E-state index in [0.717, 1.165) is 0 Å². The molecule has 0 saturated heterocycles. The first-order valence-corrected chi connectivity index (χ1v) is 4.69. The third-order valence-corrected chi connectivity index (χ3v) is 1.96. The highest BCUT2D eigenvalue weighted by Gasteiger charge is 2.06. The zero-order valence-corrected chi connectivity index (χ0v) is 8.42. The van der Waals surface area contributed by atoms with Crippen molar-refractivity contribution in [3.05, 3.63) is 48.3 Å². The predicted molar refractivity (Wildman–Crippen MR) is 60.8 cm³/mol. The Morgan fingerprint density at radius 3 is 2.38 bits per heavy atom. The molecule has 0 unspecified atom stereocenters. The average Bonchev–Trinajstić information content (AvgIpc) is 2.31. The summed E-state index contributed by atoms with van der Waals surface area (Å²) in [5, 5.41) is 2.58. The van der Waals surface area contributed by atoms with Gasteiger partial charge < -0.3 is 5.73 Å². The van der Waals surface area contributed by atoms with Gasteiger partial charge in [0.25, 0.3) is 5.91 Å². The quantitative estimate of drug-likeness (QED) is 0.738. The molecule has 0 atom stereocenters. The van der Waals surface area contributed by atoms with Gasteiger partial charge in [0, 0.05) is 23.6 Å². The Morgan fingerprint density at radius 1 is 1.12 bits per heavy atom. The Bertz CT molecular complexity index is 481. The summed E-state index contributed by atoms with van der Waals surface area (Å²) in [6.07, 6.45) is 3.12. The molecule has 3 N–H and O–H groups in total. The van der Waals surface area contributed by atoms with Gasteiger partial charge in [-0.05, 0) is 30.3 Å². The Hall–Kier alpha value is -2.43. The molecule has 1 aromatic heterocycles. The summed E-state index contributed by atoms with van der Waals surface area (Å²) in [5.41, 5.74) is 6.66. The van der Waals surface area contributed by atoms with Crippen LogP contribution in [0.1, 0.15) is 10.4 Å². The lowest BCUT2D eigenvalue weighted by atomic mass is 10.2. The standard InChI is InChI=1S/C11H10N4O/c12-9-4-2-8(3-5-9)10(16)15-11-13-6-1-7-14-11/h1-7H,12H2,(H,13,14,15,16). The van der Waals surface area contributed by atoms with Crippen molar-refractivity contribution in [2.45, 2.75) is 0 Å². The van der Waals surface area contributed by atoms with Gasteiger partial charge in [-0.3, -0.25) is 10.1 Å². The molecule has 5 nitrogen and oxygen atoms in total. The summed E-state index contributed by atoms with van der Waals surface area (Å²) in [6.45, 7) is 0. The van der Waals surface area contributed by atoms with Crippen LogP contribution in [0.2, 0.25) is 0 Å². The molecule has 0 saturated carbocycles. The van der Waals surface area contributed by atoms with Gasteiger partial charge in [0.05, 0.1) is 0 Å². The number of anilines is 2. The van der Waals surface area contributed by atoms with E-state index in [0.29, 0.717) is 11.3 Å². The Labute approximate surface area is 92.3 Å². The molecule has 1 heterocycles. The second-order valence-electron chi connectivity index (χ2n) is 3.15. The van der Waals surface area contributed by atoms with Gasteiger partial charge in [-0.2, -0.15) is 0 Å². The lowest BCUT2D eigenvalue weighted by Crippen LogP contribution is -2.13. The van der Waals surface area contributed by atoms with Crippen LogP contribution in [-0.2, 0) is 0 Å². The number of rotatable bonds is 2. The molecule has 0 radical (unpaired) electrons. The third kappa shape index (κ3) is 2.33. The lowest BCUT2D eigenvalue weighted by Gasteiger charge is -2.02. The fraction of sp³-hybridized carbons (Fsp3) is 0. The number of aromatic nitrogens is 2. The zero-order chi connectivity index (χ0) is 11.4. The lowest BCUT2D eigenvalue weighted by molar-refractivity contribution is 0.102. The number of hydrogen-bond donors (Lipinski definition) is 2. The van der Waals surface area contributed by atoms with Crippen molar-refractivity contribution >= 4 is 17.5 Å². The molecular weight excluding hydrogens is 204 g/mol. The van der Waals surface area contributed by atoms with E-state index >= 15 is 0 Å². The fourth-order valence-corrected chi connectivity index (χ4v) is 1.17. The molecule has 16 heavy (non-hydrogen) atoms. The number of nitrogens with zero attached hydrogens (tertiary/aromatic N) is 2. The number of amides is 1. The normalized spacial score (nSPS) is 9.75. The fourth-order valence-electron chi connectivity index (χ4n) is 1.17. The average molecular weight is 214 g/mol. The van der Waals surface area contributed by atoms with Crippen molar-refractivity contribution in [3.63, 3.8) is 0 Å². The summed E-state index contributed by atoms with van der Waals surface area (Å²) in [4.78, 5) is 19.5. The van der Waals surface area contributed by atoms with Crippen LogP contribution in [0, 0.1) is 0 Å². The van der Waals surface area contributed by atoms with Gasteiger partial charge in [0.15, 0.2) is 0 Å². The number of carbonyl (C=O) groups excluding carboxylic acids is 1. The van der Waals surface area contributed by atoms with Crippen molar-refractivity contribution in [1.82, 2.24) is 9.97 Å². The smallest absolute Gasteiger partial charge is 0.258 e. The molecule has 1 amide bonds. The van der Waals surface area contributed by atoms with E-state index in [1.54, 1.807) is 42.7 Å². The van der Waals surface area contributed by atoms with E-state index in [2.05, 4.69) is 15.3 Å². The van der Waals surface area contributed by atoms with Crippen LogP contribution < -0.4 is 11.1 Å². The second-order valence-corrected chi connectivity index (χ2v) is 3.15. The van der Waals surface area contributed by atoms with Gasteiger partial charge in [-0.25, -0.2) is 9.97 Å². The van der Waals surface area contributed by atoms with Gasteiger partial charge in [0.1, 0.15) is 0 Å². The summed E-state index contributed by atoms with van der Waals surface area (Å²) in [7, 11) is 0. The number of nitrogens with one attached hydrogen (secondary N) is 1. The minimum absolute atomic E-state index is 0.258. The molecule has 80 valence electrons. The maximum atomic E-state index is 11.7. The second kappa shape index (κ2) is 4.39. The molecule has 0 aliphatic carbocycles. The van der Waals surface area contributed by atoms with Crippen molar-refractivity contribution in [1.29, 1.82) is 0 Å². The van der Waals surface area contributed by atoms with E-state index in [1.165, 1.54) is 0 Å². The Kier molecular flexibility index (Phi) is 2.77. The number of hydrogen-bond acceptors (Lipinski definition) is 4. The van der Waals surface area contributed by atoms with E-state index < -0.39 is 0 Å². The maximum absolute atomic E-state index is 11.7. The molecule has 0 spiro atoms. The Balaban J connectivity index is 2.12. The van der Waals surface area contributed by atoms with E-state index in [-0.39, 0.29) is 11.9 Å². The topological polar surface area (TPSA) is 80.9 Å². The van der Waals surface area contributed by atoms with Gasteiger partial charge in [-0.15, -0.1) is 0 Å². The molecular formula is C11H10N4O. The first-order chi connectivity index (χ1) is 7.75. The van der Waals surface area contributed by atoms with Crippen LogP contribution in [0.4, 0.5) is 11.6 Å². The highest BCUT2D eigenvalue weighted by atomic mass is 16.1. The number of nitrogens with two attached hydrogens (primary N) is 1. The number of carbonyl (C=O) groups is 1. The largest absolute Gasteiger partial charge is 0.399 e. The molecule has 5 heteroatoms. The van der Waals surface area contributed by atoms with Crippen molar-refractivity contribution in [2.24, 2.45) is 0 Å². The third-order valence-electron chi connectivity index (χ3n) is 1.96. The van der Waals surface area contributed by atoms with Gasteiger partial charge in [-0.1, -0.05) is 0 Å². The minimum atomic E-state index is -0.258. The first-order valence-electron chi connectivity index (χ1n) is 4.69. The molecule has 0 bridgehead atoms. The first kappa shape index (κ1) is 10.1. The van der Waals surface area contributed by atoms with Gasteiger partial charge in [0.2, 0.25) is 5.95 Å². The maximum Gasteiger partial charge on any atom is 0.258 e. The number of benzene rings is 1. The Morgan fingerprint density at radius 2 is 1.75 bits per heavy atom. The molecule has 0 aliphatic rings. The molecule has 0 fully saturated rings. The van der Waals surface area contributed by atoms with Crippen LogP contribution in [-0.4, -0.2) is 15.9 Å². The minimum Gasteiger partial charge on any atom is -0.399 e. The zero-order valence-electron chi connectivity index (χ0n) is 8.42. The van der Waals surface area contributed by atoms with E-state index in [4.69, 9.17) is 5.73 Å². The summed E-state index contributed by atoms with van der Waals surface area (Å²) >= 11 is 0. The van der Waals surface area contributed by atoms with Crippen molar-refractivity contribution < 1.29 is 4.79 Å². The highest BCUT2D eigenvalue weighted by molar-refractivity contribution is 6.03. The number of nitrogen functional groups attached to an aromatic ring is 1. The molecule has 2 aromatic rings. The van der Waals surface area contributed by atoms with E-state index in [1.807, 2.05) is 0 Å². The summed E-state index contributed by atoms with van der Waals surface area (Å²) < 4.78 is 0. The van der Waals surface area contributed by atoms with Crippen LogP contribution >= 0.6 is 0 Å². The predicted octanol–water partition coefficient (Wildman–Crippen LogP) is 1.31. The monoisotopic (exact) mass is 214 g/mol. The van der Waals surface area contributed by atoms with Crippen molar-refractivity contribution in [3.8, 4) is 0 Å². The molecule has 1 aromatic carbocycles. The molecule has 0 aliphatic heterocycles. The van der Waals surface area contributed by atoms with Crippen LogP contribution in [0.5, 0.6) is 0 Å². The van der Waals surface area contributed by atoms with Crippen LogP contribution in [0.15, 0.2) is 42.7 Å².